The summed E-state index contributed by atoms with van der Waals surface area (Å²) in [7, 11) is 0. The Hall–Kier alpha value is -2.22. The number of nitrogens with one attached hydrogen (secondary N) is 3. The van der Waals surface area contributed by atoms with Crippen LogP contribution < -0.4 is 16.0 Å². The lowest BCUT2D eigenvalue weighted by atomic mass is 10.1. The van der Waals surface area contributed by atoms with Crippen LogP contribution in [0.2, 0.25) is 0 Å². The third kappa shape index (κ3) is 9.64. The van der Waals surface area contributed by atoms with Crippen LogP contribution in [-0.4, -0.2) is 57.0 Å². The second-order valence-corrected chi connectivity index (χ2v) is 7.88. The zero-order valence-electron chi connectivity index (χ0n) is 17.3. The van der Waals surface area contributed by atoms with E-state index < -0.39 is 5.60 Å². The minimum Gasteiger partial charge on any atom is -0.469 e. The number of furan rings is 1. The van der Waals surface area contributed by atoms with Gasteiger partial charge in [-0.1, -0.05) is 0 Å². The third-order valence-electron chi connectivity index (χ3n) is 4.09. The molecule has 8 nitrogen and oxygen atoms in total. The highest BCUT2D eigenvalue weighted by Crippen LogP contribution is 2.12. The van der Waals surface area contributed by atoms with E-state index in [0.717, 1.165) is 57.3 Å². The van der Waals surface area contributed by atoms with Gasteiger partial charge in [-0.15, -0.1) is 0 Å². The van der Waals surface area contributed by atoms with Gasteiger partial charge in [-0.3, -0.25) is 4.99 Å². The van der Waals surface area contributed by atoms with E-state index in [2.05, 4.69) is 20.9 Å². The fourth-order valence-electron chi connectivity index (χ4n) is 2.68. The average molecular weight is 395 g/mol. The van der Waals surface area contributed by atoms with E-state index in [9.17, 15) is 4.79 Å². The summed E-state index contributed by atoms with van der Waals surface area (Å²) in [6, 6.07) is 3.85. The molecule has 1 atom stereocenters. The number of carbonyl (C=O) groups excluding carboxylic acids is 1. The summed E-state index contributed by atoms with van der Waals surface area (Å²) < 4.78 is 16.0. The fraction of sp³-hybridized carbons (Fsp3) is 0.700. The molecule has 28 heavy (non-hydrogen) atoms. The third-order valence-corrected chi connectivity index (χ3v) is 4.09. The van der Waals surface area contributed by atoms with Crippen molar-refractivity contribution in [2.45, 2.75) is 45.6 Å². The van der Waals surface area contributed by atoms with E-state index in [1.54, 1.807) is 6.26 Å². The number of carbonyl (C=O) groups is 1. The van der Waals surface area contributed by atoms with E-state index in [1.807, 2.05) is 32.9 Å². The summed E-state index contributed by atoms with van der Waals surface area (Å²) >= 11 is 0. The van der Waals surface area contributed by atoms with Crippen molar-refractivity contribution >= 4 is 12.1 Å². The average Bonchev–Trinajstić information content (AvgIpc) is 3.31. The first kappa shape index (κ1) is 22.1. The second-order valence-electron chi connectivity index (χ2n) is 7.88. The van der Waals surface area contributed by atoms with E-state index >= 15 is 0 Å². The van der Waals surface area contributed by atoms with Crippen molar-refractivity contribution in [3.63, 3.8) is 0 Å². The molecule has 1 aromatic rings. The van der Waals surface area contributed by atoms with Crippen molar-refractivity contribution in [1.29, 1.82) is 0 Å². The molecule has 3 N–H and O–H groups in total. The number of rotatable bonds is 9. The summed E-state index contributed by atoms with van der Waals surface area (Å²) in [5.41, 5.74) is -0.482. The lowest BCUT2D eigenvalue weighted by Gasteiger charge is -2.19. The maximum Gasteiger partial charge on any atom is 0.407 e. The second kappa shape index (κ2) is 11.6. The predicted molar refractivity (Wildman–Crippen MR) is 108 cm³/mol. The van der Waals surface area contributed by atoms with Gasteiger partial charge in [0.25, 0.3) is 0 Å². The largest absolute Gasteiger partial charge is 0.469 e. The van der Waals surface area contributed by atoms with E-state index in [1.165, 1.54) is 0 Å². The quantitative estimate of drug-likeness (QED) is 0.338. The van der Waals surface area contributed by atoms with E-state index in [-0.39, 0.29) is 6.09 Å². The van der Waals surface area contributed by atoms with Crippen molar-refractivity contribution in [1.82, 2.24) is 16.0 Å². The molecule has 1 aromatic heterocycles. The fourth-order valence-corrected chi connectivity index (χ4v) is 2.68. The summed E-state index contributed by atoms with van der Waals surface area (Å²) in [5.74, 6) is 2.20. The van der Waals surface area contributed by atoms with Gasteiger partial charge in [0, 0.05) is 45.1 Å². The maximum atomic E-state index is 11.6. The van der Waals surface area contributed by atoms with Crippen LogP contribution in [0.25, 0.3) is 0 Å². The van der Waals surface area contributed by atoms with Crippen LogP contribution >= 0.6 is 0 Å². The Kier molecular flexibility index (Phi) is 9.13. The molecule has 1 fully saturated rings. The van der Waals surface area contributed by atoms with Crippen LogP contribution in [0.1, 0.15) is 39.4 Å². The van der Waals surface area contributed by atoms with Crippen LogP contribution in [0.5, 0.6) is 0 Å². The SMILES string of the molecule is CC(C)(C)OC(=O)NCCCNC(=NCC1CCOC1)NCCc1ccco1. The molecule has 1 unspecified atom stereocenters. The molecule has 0 radical (unpaired) electrons. The normalized spacial score (nSPS) is 17.4. The van der Waals surface area contributed by atoms with Crippen molar-refractivity contribution in [3.05, 3.63) is 24.2 Å². The van der Waals surface area contributed by atoms with E-state index in [4.69, 9.17) is 13.9 Å². The standard InChI is InChI=1S/C20H34N4O4/c1-20(2,3)28-19(25)23-10-5-9-21-18(24-14-16-8-13-26-15-16)22-11-7-17-6-4-12-27-17/h4,6,12,16H,5,7-11,13-15H2,1-3H3,(H,23,25)(H2,21,22,24). The van der Waals surface area contributed by atoms with Gasteiger partial charge in [0.1, 0.15) is 11.4 Å². The summed E-state index contributed by atoms with van der Waals surface area (Å²) in [4.78, 5) is 16.3. The molecule has 1 aliphatic rings. The van der Waals surface area contributed by atoms with Gasteiger partial charge >= 0.3 is 6.09 Å². The van der Waals surface area contributed by atoms with Gasteiger partial charge in [-0.05, 0) is 45.7 Å². The van der Waals surface area contributed by atoms with Gasteiger partial charge in [0.05, 0.1) is 12.9 Å². The van der Waals surface area contributed by atoms with Crippen molar-refractivity contribution in [2.24, 2.45) is 10.9 Å². The zero-order valence-corrected chi connectivity index (χ0v) is 17.3. The molecule has 2 rings (SSSR count). The molecule has 0 aromatic carbocycles. The molecule has 8 heteroatoms. The molecule has 0 spiro atoms. The van der Waals surface area contributed by atoms with Crippen LogP contribution in [0.3, 0.4) is 0 Å². The highest BCUT2D eigenvalue weighted by atomic mass is 16.6. The molecule has 2 heterocycles. The molecule has 0 aliphatic carbocycles. The molecule has 158 valence electrons. The van der Waals surface area contributed by atoms with Crippen molar-refractivity contribution in [3.8, 4) is 0 Å². The van der Waals surface area contributed by atoms with Crippen LogP contribution in [0, 0.1) is 5.92 Å². The highest BCUT2D eigenvalue weighted by Gasteiger charge is 2.16. The molecular formula is C20H34N4O4. The van der Waals surface area contributed by atoms with Crippen LogP contribution in [0.15, 0.2) is 27.8 Å². The number of nitrogens with zero attached hydrogens (tertiary/aromatic N) is 1. The molecule has 1 aliphatic heterocycles. The first-order chi connectivity index (χ1) is 13.4. The number of aliphatic imine (C=N–C) groups is 1. The monoisotopic (exact) mass is 394 g/mol. The number of guanidine groups is 1. The van der Waals surface area contributed by atoms with Crippen molar-refractivity contribution < 1.29 is 18.7 Å². The number of ether oxygens (including phenoxy) is 2. The molecule has 1 amide bonds. The summed E-state index contributed by atoms with van der Waals surface area (Å²) in [6.07, 6.45) is 3.91. The Bertz CT molecular complexity index is 590. The van der Waals surface area contributed by atoms with Crippen molar-refractivity contribution in [2.75, 3.05) is 39.4 Å². The lowest BCUT2D eigenvalue weighted by molar-refractivity contribution is 0.0527. The Morgan fingerprint density at radius 2 is 2.04 bits per heavy atom. The molecule has 1 saturated heterocycles. The van der Waals surface area contributed by atoms with Gasteiger partial charge in [-0.2, -0.15) is 0 Å². The topological polar surface area (TPSA) is 97.1 Å². The first-order valence-electron chi connectivity index (χ1n) is 10.0. The number of hydrogen-bond donors (Lipinski definition) is 3. The predicted octanol–water partition coefficient (Wildman–Crippen LogP) is 2.31. The molecular weight excluding hydrogens is 360 g/mol. The number of hydrogen-bond acceptors (Lipinski definition) is 5. The van der Waals surface area contributed by atoms with Gasteiger partial charge in [-0.25, -0.2) is 4.79 Å². The zero-order chi connectivity index (χ0) is 20.2. The maximum absolute atomic E-state index is 11.6. The lowest BCUT2D eigenvalue weighted by Crippen LogP contribution is -2.40. The Morgan fingerprint density at radius 3 is 2.71 bits per heavy atom. The number of alkyl carbamates (subject to hydrolysis) is 1. The summed E-state index contributed by atoms with van der Waals surface area (Å²) in [6.45, 7) is 9.86. The Morgan fingerprint density at radius 1 is 1.25 bits per heavy atom. The van der Waals surface area contributed by atoms with Gasteiger partial charge < -0.3 is 29.8 Å². The summed E-state index contributed by atoms with van der Waals surface area (Å²) in [5, 5.41) is 9.42. The smallest absolute Gasteiger partial charge is 0.407 e. The minimum absolute atomic E-state index is 0.390. The minimum atomic E-state index is -0.482. The van der Waals surface area contributed by atoms with E-state index in [0.29, 0.717) is 19.0 Å². The van der Waals surface area contributed by atoms with Crippen LogP contribution in [0.4, 0.5) is 4.79 Å². The van der Waals surface area contributed by atoms with Crippen LogP contribution in [-0.2, 0) is 15.9 Å². The van der Waals surface area contributed by atoms with Gasteiger partial charge in [0.2, 0.25) is 0 Å². The first-order valence-corrected chi connectivity index (χ1v) is 10.0. The Labute approximate surface area is 167 Å². The number of amides is 1. The van der Waals surface area contributed by atoms with Gasteiger partial charge in [0.15, 0.2) is 5.96 Å². The molecule has 0 bridgehead atoms. The highest BCUT2D eigenvalue weighted by molar-refractivity contribution is 5.79. The Balaban J connectivity index is 1.68. The molecule has 0 saturated carbocycles.